The number of carbonyl (C=O) groups is 1. The SMILES string of the molecule is Cc1cc(C)c(C(=O)CSc2n[nH]c(=O)n2C)cc1C. The Morgan fingerprint density at radius 3 is 2.50 bits per heavy atom. The number of thioether (sulfide) groups is 1. The molecule has 2 rings (SSSR count). The molecule has 0 fully saturated rings. The highest BCUT2D eigenvalue weighted by molar-refractivity contribution is 7.99. The van der Waals surface area contributed by atoms with Gasteiger partial charge in [0, 0.05) is 12.6 Å². The second-order valence-electron chi connectivity index (χ2n) is 4.83. The minimum atomic E-state index is -0.276. The number of hydrogen-bond acceptors (Lipinski definition) is 4. The molecule has 1 N–H and O–H groups in total. The lowest BCUT2D eigenvalue weighted by Gasteiger charge is -2.08. The van der Waals surface area contributed by atoms with Crippen LogP contribution in [0.25, 0.3) is 0 Å². The third kappa shape index (κ3) is 2.85. The summed E-state index contributed by atoms with van der Waals surface area (Å²) in [4.78, 5) is 23.5. The van der Waals surface area contributed by atoms with E-state index < -0.39 is 0 Å². The minimum Gasteiger partial charge on any atom is -0.293 e. The first kappa shape index (κ1) is 14.6. The van der Waals surface area contributed by atoms with Crippen molar-refractivity contribution in [2.45, 2.75) is 25.9 Å². The van der Waals surface area contributed by atoms with Crippen LogP contribution in [-0.2, 0) is 7.05 Å². The Morgan fingerprint density at radius 1 is 1.25 bits per heavy atom. The number of H-pyrrole nitrogens is 1. The summed E-state index contributed by atoms with van der Waals surface area (Å²) in [5.74, 6) is 0.313. The van der Waals surface area contributed by atoms with Crippen molar-refractivity contribution in [2.75, 3.05) is 5.75 Å². The van der Waals surface area contributed by atoms with E-state index in [0.717, 1.165) is 16.7 Å². The van der Waals surface area contributed by atoms with Crippen molar-refractivity contribution in [2.24, 2.45) is 7.05 Å². The standard InChI is InChI=1S/C14H17N3O2S/c1-8-5-10(3)11(6-9(8)2)12(18)7-20-14-16-15-13(19)17(14)4/h5-6H,7H2,1-4H3,(H,15,19). The van der Waals surface area contributed by atoms with Gasteiger partial charge in [0.05, 0.1) is 5.75 Å². The maximum atomic E-state index is 12.3. The molecule has 0 bridgehead atoms. The Labute approximate surface area is 121 Å². The lowest BCUT2D eigenvalue weighted by molar-refractivity contribution is 0.102. The van der Waals surface area contributed by atoms with E-state index in [2.05, 4.69) is 10.2 Å². The number of rotatable bonds is 4. The average molecular weight is 291 g/mol. The monoisotopic (exact) mass is 291 g/mol. The number of ketones is 1. The van der Waals surface area contributed by atoms with Gasteiger partial charge >= 0.3 is 5.69 Å². The fourth-order valence-electron chi connectivity index (χ4n) is 1.93. The maximum absolute atomic E-state index is 12.3. The van der Waals surface area contributed by atoms with Crippen molar-refractivity contribution in [3.8, 4) is 0 Å². The van der Waals surface area contributed by atoms with Crippen LogP contribution in [0.15, 0.2) is 22.1 Å². The highest BCUT2D eigenvalue weighted by Crippen LogP contribution is 2.19. The van der Waals surface area contributed by atoms with Crippen LogP contribution in [0.5, 0.6) is 0 Å². The average Bonchev–Trinajstić information content (AvgIpc) is 2.71. The molecule has 0 aliphatic heterocycles. The van der Waals surface area contributed by atoms with Gasteiger partial charge < -0.3 is 0 Å². The molecule has 0 aliphatic carbocycles. The molecule has 2 aromatic rings. The van der Waals surface area contributed by atoms with Gasteiger partial charge in [-0.05, 0) is 43.5 Å². The van der Waals surface area contributed by atoms with Crippen molar-refractivity contribution in [3.05, 3.63) is 44.9 Å². The summed E-state index contributed by atoms with van der Waals surface area (Å²) in [6, 6.07) is 3.95. The highest BCUT2D eigenvalue weighted by atomic mass is 32.2. The van der Waals surface area contributed by atoms with Gasteiger partial charge in [-0.25, -0.2) is 9.89 Å². The third-order valence-corrected chi connectivity index (χ3v) is 4.34. The fraction of sp³-hybridized carbons (Fsp3) is 0.357. The Morgan fingerprint density at radius 2 is 1.90 bits per heavy atom. The van der Waals surface area contributed by atoms with Crippen molar-refractivity contribution in [1.29, 1.82) is 0 Å². The number of hydrogen-bond donors (Lipinski definition) is 1. The molecule has 0 atom stereocenters. The second-order valence-corrected chi connectivity index (χ2v) is 5.78. The summed E-state index contributed by atoms with van der Waals surface area (Å²) in [7, 11) is 1.62. The normalized spacial score (nSPS) is 10.8. The number of Topliss-reactive ketones (excluding diaryl/α,β-unsaturated/α-hetero) is 1. The molecule has 0 spiro atoms. The molecular formula is C14H17N3O2S. The Hall–Kier alpha value is -1.82. The predicted octanol–water partition coefficient (Wildman–Crippen LogP) is 2.01. The first-order chi connectivity index (χ1) is 9.40. The van der Waals surface area contributed by atoms with Gasteiger partial charge in [0.2, 0.25) is 0 Å². The second kappa shape index (κ2) is 5.66. The summed E-state index contributed by atoms with van der Waals surface area (Å²) < 4.78 is 1.39. The van der Waals surface area contributed by atoms with Gasteiger partial charge in [0.15, 0.2) is 10.9 Å². The molecule has 1 aromatic heterocycles. The van der Waals surface area contributed by atoms with Gasteiger partial charge in [-0.3, -0.25) is 9.36 Å². The third-order valence-electron chi connectivity index (χ3n) is 3.31. The Kier molecular flexibility index (Phi) is 4.13. The first-order valence-electron chi connectivity index (χ1n) is 6.25. The number of benzene rings is 1. The summed E-state index contributed by atoms with van der Waals surface area (Å²) in [6.07, 6.45) is 0. The fourth-order valence-corrected chi connectivity index (χ4v) is 2.73. The van der Waals surface area contributed by atoms with Crippen LogP contribution in [0, 0.1) is 20.8 Å². The lowest BCUT2D eigenvalue weighted by Crippen LogP contribution is -2.13. The van der Waals surface area contributed by atoms with E-state index in [1.165, 1.54) is 21.9 Å². The van der Waals surface area contributed by atoms with E-state index in [-0.39, 0.29) is 17.2 Å². The number of aromatic amines is 1. The lowest BCUT2D eigenvalue weighted by atomic mass is 9.99. The number of nitrogens with one attached hydrogen (secondary N) is 1. The zero-order chi connectivity index (χ0) is 14.9. The molecule has 0 unspecified atom stereocenters. The first-order valence-corrected chi connectivity index (χ1v) is 7.24. The van der Waals surface area contributed by atoms with Crippen molar-refractivity contribution in [1.82, 2.24) is 14.8 Å². The topological polar surface area (TPSA) is 67.8 Å². The summed E-state index contributed by atoms with van der Waals surface area (Å²) >= 11 is 1.26. The zero-order valence-corrected chi connectivity index (χ0v) is 12.8. The van der Waals surface area contributed by atoms with Crippen LogP contribution < -0.4 is 5.69 Å². The van der Waals surface area contributed by atoms with Crippen molar-refractivity contribution >= 4 is 17.5 Å². The van der Waals surface area contributed by atoms with Crippen molar-refractivity contribution in [3.63, 3.8) is 0 Å². The molecule has 0 aliphatic rings. The molecule has 1 aromatic carbocycles. The zero-order valence-electron chi connectivity index (χ0n) is 12.0. The van der Waals surface area contributed by atoms with Crippen LogP contribution in [0.3, 0.4) is 0 Å². The molecule has 0 amide bonds. The van der Waals surface area contributed by atoms with E-state index in [9.17, 15) is 9.59 Å². The molecule has 20 heavy (non-hydrogen) atoms. The largest absolute Gasteiger partial charge is 0.343 e. The summed E-state index contributed by atoms with van der Waals surface area (Å²) in [6.45, 7) is 5.97. The number of aryl methyl sites for hydroxylation is 3. The molecule has 0 saturated heterocycles. The highest BCUT2D eigenvalue weighted by Gasteiger charge is 2.13. The van der Waals surface area contributed by atoms with Crippen molar-refractivity contribution < 1.29 is 4.79 Å². The van der Waals surface area contributed by atoms with Crippen LogP contribution in [0.1, 0.15) is 27.0 Å². The number of carbonyl (C=O) groups excluding carboxylic acids is 1. The van der Waals surface area contributed by atoms with E-state index >= 15 is 0 Å². The summed E-state index contributed by atoms with van der Waals surface area (Å²) in [5, 5.41) is 6.74. The molecule has 6 heteroatoms. The molecule has 5 nitrogen and oxygen atoms in total. The van der Waals surface area contributed by atoms with Gasteiger partial charge in [-0.1, -0.05) is 17.8 Å². The molecule has 1 heterocycles. The van der Waals surface area contributed by atoms with E-state index in [1.807, 2.05) is 32.9 Å². The smallest absolute Gasteiger partial charge is 0.293 e. The Balaban J connectivity index is 2.15. The van der Waals surface area contributed by atoms with Gasteiger partial charge in [0.25, 0.3) is 0 Å². The van der Waals surface area contributed by atoms with Crippen LogP contribution >= 0.6 is 11.8 Å². The Bertz CT molecular complexity index is 716. The van der Waals surface area contributed by atoms with E-state index in [4.69, 9.17) is 0 Å². The van der Waals surface area contributed by atoms with Gasteiger partial charge in [-0.2, -0.15) is 0 Å². The molecule has 0 saturated carbocycles. The quantitative estimate of drug-likeness (QED) is 0.691. The van der Waals surface area contributed by atoms with Crippen LogP contribution in [0.4, 0.5) is 0 Å². The number of aromatic nitrogens is 3. The van der Waals surface area contributed by atoms with E-state index in [1.54, 1.807) is 7.05 Å². The molecule has 106 valence electrons. The van der Waals surface area contributed by atoms with Gasteiger partial charge in [0.1, 0.15) is 0 Å². The van der Waals surface area contributed by atoms with Gasteiger partial charge in [-0.15, -0.1) is 5.10 Å². The maximum Gasteiger partial charge on any atom is 0.343 e. The summed E-state index contributed by atoms with van der Waals surface area (Å²) in [5.41, 5.74) is 3.73. The van der Waals surface area contributed by atoms with Crippen LogP contribution in [-0.4, -0.2) is 26.3 Å². The predicted molar refractivity (Wildman–Crippen MR) is 79.5 cm³/mol. The molecule has 0 radical (unpaired) electrons. The van der Waals surface area contributed by atoms with Crippen LogP contribution in [0.2, 0.25) is 0 Å². The minimum absolute atomic E-state index is 0.0473. The molecular weight excluding hydrogens is 274 g/mol. The number of nitrogens with zero attached hydrogens (tertiary/aromatic N) is 2. The van der Waals surface area contributed by atoms with E-state index in [0.29, 0.717) is 5.16 Å².